The summed E-state index contributed by atoms with van der Waals surface area (Å²) in [5.41, 5.74) is 18.1. The van der Waals surface area contributed by atoms with Gasteiger partial charge in [-0.25, -0.2) is 0 Å². The molecule has 2 aromatic heterocycles. The maximum absolute atomic E-state index is 10.8. The molecule has 12 rings (SSSR count). The molecule has 0 aliphatic rings. The summed E-state index contributed by atoms with van der Waals surface area (Å²) in [7, 11) is 0. The number of nitrogens with zero attached hydrogens (tertiary/aromatic N) is 9. The summed E-state index contributed by atoms with van der Waals surface area (Å²) in [6.07, 6.45) is 0. The molecule has 392 valence electrons. The molecule has 0 aliphatic heterocycles. The number of fused-ring (bicyclic) bond motifs is 6. The van der Waals surface area contributed by atoms with Crippen LogP contribution in [0.2, 0.25) is 0 Å². The van der Waals surface area contributed by atoms with Crippen molar-refractivity contribution < 1.29 is 0 Å². The van der Waals surface area contributed by atoms with Crippen LogP contribution in [0, 0.1) is 79.3 Å². The summed E-state index contributed by atoms with van der Waals surface area (Å²) >= 11 is 0. The second-order valence-corrected chi connectivity index (χ2v) is 18.9. The molecule has 83 heavy (non-hydrogen) atoms. The van der Waals surface area contributed by atoms with E-state index in [-0.39, 0.29) is 0 Å². The number of hydrogen-bond acceptors (Lipinski definition) is 7. The van der Waals surface area contributed by atoms with Gasteiger partial charge in [0.15, 0.2) is 0 Å². The van der Waals surface area contributed by atoms with Gasteiger partial charge in [0.05, 0.1) is 97.9 Å². The first kappa shape index (κ1) is 55.7. The van der Waals surface area contributed by atoms with Crippen molar-refractivity contribution in [3.05, 3.63) is 252 Å². The molecular weight excluding hydrogens is 1010 g/mol. The Morgan fingerprint density at radius 2 is 0.530 bits per heavy atom. The molecule has 0 fully saturated rings. The van der Waals surface area contributed by atoms with Crippen molar-refractivity contribution in [2.45, 2.75) is 34.6 Å². The first-order valence-electron chi connectivity index (χ1n) is 27.0. The van der Waals surface area contributed by atoms with Crippen molar-refractivity contribution in [1.29, 1.82) is 36.8 Å². The number of rotatable bonds is 7. The average molecular weight is 1070 g/mol. The molecule has 0 radical (unpaired) electrons. The molecule has 0 spiro atoms. The Labute approximate surface area is 483 Å². The topological polar surface area (TPSA) is 176 Å². The van der Waals surface area contributed by atoms with Crippen LogP contribution in [0.1, 0.15) is 68.0 Å². The zero-order valence-corrected chi connectivity index (χ0v) is 46.4. The molecule has 0 bridgehead atoms. The van der Waals surface area contributed by atoms with E-state index in [0.29, 0.717) is 50.1 Å². The predicted octanol–water partition coefficient (Wildman–Crippen LogP) is 18.6. The minimum absolute atomic E-state index is 0.413. The van der Waals surface area contributed by atoms with Crippen LogP contribution >= 0.6 is 0 Å². The van der Waals surface area contributed by atoms with Gasteiger partial charge in [-0.15, -0.1) is 0 Å². The molecule has 0 saturated heterocycles. The van der Waals surface area contributed by atoms with Crippen LogP contribution in [0.15, 0.2) is 218 Å². The van der Waals surface area contributed by atoms with Crippen LogP contribution < -0.4 is 0 Å². The van der Waals surface area contributed by atoms with Gasteiger partial charge in [-0.1, -0.05) is 107 Å². The Bertz CT molecular complexity index is 4270. The average Bonchev–Trinajstić information content (AvgIpc) is 4.29. The number of nitriles is 7. The van der Waals surface area contributed by atoms with Crippen LogP contribution in [0.5, 0.6) is 0 Å². The summed E-state index contributed by atoms with van der Waals surface area (Å²) in [5, 5.41) is 71.3. The molecule has 12 aromatic rings. The standard InChI is InChI=1S/C66H34N8.C4H5N.2C2H6/c67-35-41-1-9-45(10-2-41)49-19-25-63-59(29-49)60-30-50(46-11-3-42(36-68)4-12-46)20-26-64(60)73(63)55-23-17-53(39-71)57(33-55)58-34-56(24-18-54(58)40-72)74-65-27-21-51(47-13-5-43(37-69)6-14-47)31-61(65)62-32-52(22-28-66(62)74)48-15-7-44(38-70)8-16-48;1-4(2)3-5;2*1-2/h1-34H;1H2,2H3;2*1-2H3. The van der Waals surface area contributed by atoms with Gasteiger partial charge in [-0.3, -0.25) is 0 Å². The monoisotopic (exact) mass is 1070 g/mol. The van der Waals surface area contributed by atoms with Crippen LogP contribution in [0.3, 0.4) is 0 Å². The molecule has 0 unspecified atom stereocenters. The van der Waals surface area contributed by atoms with Gasteiger partial charge >= 0.3 is 0 Å². The number of aromatic nitrogens is 2. The Morgan fingerprint density at radius 3 is 0.735 bits per heavy atom. The fourth-order valence-electron chi connectivity index (χ4n) is 10.3. The van der Waals surface area contributed by atoms with Gasteiger partial charge in [-0.2, -0.15) is 36.8 Å². The summed E-state index contributed by atoms with van der Waals surface area (Å²) in [6.45, 7) is 13.0. The van der Waals surface area contributed by atoms with Crippen LogP contribution in [-0.4, -0.2) is 9.13 Å². The Balaban J connectivity index is 0.000000866. The highest BCUT2D eigenvalue weighted by molar-refractivity contribution is 6.13. The number of allylic oxidation sites excluding steroid dienone is 1. The molecule has 9 nitrogen and oxygen atoms in total. The lowest BCUT2D eigenvalue weighted by Gasteiger charge is -2.15. The van der Waals surface area contributed by atoms with E-state index < -0.39 is 0 Å². The van der Waals surface area contributed by atoms with Crippen molar-refractivity contribution in [3.63, 3.8) is 0 Å². The van der Waals surface area contributed by atoms with Gasteiger partial charge in [0.1, 0.15) is 0 Å². The van der Waals surface area contributed by atoms with E-state index in [1.165, 1.54) is 0 Å². The lowest BCUT2D eigenvalue weighted by Crippen LogP contribution is -1.99. The Hall–Kier alpha value is -12.0. The third kappa shape index (κ3) is 10.9. The van der Waals surface area contributed by atoms with E-state index in [1.54, 1.807) is 6.92 Å². The molecule has 2 heterocycles. The normalized spacial score (nSPS) is 10.2. The quantitative estimate of drug-likeness (QED) is 0.143. The smallest absolute Gasteiger partial charge is 0.0998 e. The molecule has 0 N–H and O–H groups in total. The van der Waals surface area contributed by atoms with E-state index in [9.17, 15) is 31.6 Å². The largest absolute Gasteiger partial charge is 0.309 e. The van der Waals surface area contributed by atoms with Crippen molar-refractivity contribution in [2.75, 3.05) is 0 Å². The van der Waals surface area contributed by atoms with Crippen LogP contribution in [-0.2, 0) is 0 Å². The molecule has 0 aliphatic carbocycles. The highest BCUT2D eigenvalue weighted by atomic mass is 15.0. The van der Waals surface area contributed by atoms with Gasteiger partial charge in [0.25, 0.3) is 0 Å². The third-order valence-corrected chi connectivity index (χ3v) is 14.2. The minimum Gasteiger partial charge on any atom is -0.309 e. The van der Waals surface area contributed by atoms with Crippen LogP contribution in [0.4, 0.5) is 0 Å². The lowest BCUT2D eigenvalue weighted by atomic mass is 9.95. The maximum Gasteiger partial charge on any atom is 0.0998 e. The minimum atomic E-state index is 0.413. The molecule has 0 saturated carbocycles. The number of benzene rings is 10. The summed E-state index contributed by atoms with van der Waals surface area (Å²) in [5.74, 6) is 0. The molecule has 10 aromatic carbocycles. The first-order valence-corrected chi connectivity index (χ1v) is 27.0. The Kier molecular flexibility index (Phi) is 16.6. The molecule has 0 atom stereocenters. The maximum atomic E-state index is 10.8. The summed E-state index contributed by atoms with van der Waals surface area (Å²) in [4.78, 5) is 0. The summed E-state index contributed by atoms with van der Waals surface area (Å²) < 4.78 is 4.39. The molecular formula is C74H51N9. The van der Waals surface area contributed by atoms with Crippen molar-refractivity contribution in [2.24, 2.45) is 0 Å². The SMILES string of the molecule is C=C(C)C#N.CC.CC.N#Cc1ccc(-c2ccc3c(c2)c2cc(-c4ccc(C#N)cc4)ccc2n3-c2ccc(C#N)c(-c3cc(-n4c5ccc(-c6ccc(C#N)cc6)cc5c5cc(-c6ccc(C#N)cc6)ccc54)ccc3C#N)c2)cc1. The fourth-order valence-corrected chi connectivity index (χ4v) is 10.3. The van der Waals surface area contributed by atoms with Crippen molar-refractivity contribution in [3.8, 4) is 109 Å². The van der Waals surface area contributed by atoms with E-state index in [0.717, 1.165) is 99.5 Å². The van der Waals surface area contributed by atoms with Crippen molar-refractivity contribution in [1.82, 2.24) is 9.13 Å². The second-order valence-electron chi connectivity index (χ2n) is 18.9. The van der Waals surface area contributed by atoms with Gasteiger partial charge < -0.3 is 9.13 Å². The zero-order chi connectivity index (χ0) is 58.7. The van der Waals surface area contributed by atoms with E-state index >= 15 is 0 Å². The van der Waals surface area contributed by atoms with E-state index in [4.69, 9.17) is 5.26 Å². The number of hydrogen-bond donors (Lipinski definition) is 0. The summed E-state index contributed by atoms with van der Waals surface area (Å²) in [6, 6.07) is 82.7. The van der Waals surface area contributed by atoms with Gasteiger partial charge in [0, 0.05) is 49.6 Å². The predicted molar refractivity (Wildman–Crippen MR) is 334 cm³/mol. The van der Waals surface area contributed by atoms with Crippen LogP contribution in [0.25, 0.3) is 111 Å². The highest BCUT2D eigenvalue weighted by Gasteiger charge is 2.21. The zero-order valence-electron chi connectivity index (χ0n) is 46.4. The molecule has 0 amide bonds. The van der Waals surface area contributed by atoms with E-state index in [1.807, 2.05) is 167 Å². The third-order valence-electron chi connectivity index (χ3n) is 14.2. The van der Waals surface area contributed by atoms with Gasteiger partial charge in [0.2, 0.25) is 0 Å². The lowest BCUT2D eigenvalue weighted by molar-refractivity contribution is 1.17. The second kappa shape index (κ2) is 24.7. The fraction of sp³-hybridized carbons (Fsp3) is 0.0676. The Morgan fingerprint density at radius 1 is 0.301 bits per heavy atom. The first-order chi connectivity index (χ1) is 40.6. The van der Waals surface area contributed by atoms with Gasteiger partial charge in [-0.05, 0) is 185 Å². The van der Waals surface area contributed by atoms with Crippen molar-refractivity contribution >= 4 is 43.6 Å². The molecule has 9 heteroatoms. The van der Waals surface area contributed by atoms with E-state index in [2.05, 4.69) is 125 Å². The highest BCUT2D eigenvalue weighted by Crippen LogP contribution is 2.42.